The molecule has 134 valence electrons. The minimum atomic E-state index is 0. The first-order chi connectivity index (χ1) is 12.2. The number of fused-ring (bicyclic) bond motifs is 3. The molecule has 5 rings (SSSR count). The number of hydrogen-bond donors (Lipinski definition) is 0. The minimum Gasteiger partial charge on any atom is -0.464 e. The number of pyridine rings is 1. The molecular weight excluding hydrogens is 382 g/mol. The van der Waals surface area contributed by atoms with Crippen LogP contribution < -0.4 is 0 Å². The van der Waals surface area contributed by atoms with Crippen LogP contribution in [-0.2, 0) is 12.8 Å². The quantitative estimate of drug-likeness (QED) is 0.356. The summed E-state index contributed by atoms with van der Waals surface area (Å²) in [5.74, 6) is 1.73. The number of hydrogen-bond acceptors (Lipinski definition) is 4. The number of nitrogens with zero attached hydrogens (tertiary/aromatic N) is 1. The Balaban J connectivity index is 0.00000168. The van der Waals surface area contributed by atoms with Gasteiger partial charge < -0.3 is 4.42 Å². The first-order valence-corrected chi connectivity index (χ1v) is 10.4. The van der Waals surface area contributed by atoms with Crippen molar-refractivity contribution in [2.75, 3.05) is 0 Å². The standard InChI is InChI=1S/C21H19NOS2.ClH/c1-12-7-8-14-17(11-12)25-21-19(14)18(15-5-3-9-23-15)13(2)20(22-21)16-6-4-10-24-16;/h3-6,9-10,12H,7-8,11H2,1-2H3;1H. The van der Waals surface area contributed by atoms with Crippen LogP contribution in [0.2, 0.25) is 0 Å². The molecule has 5 heteroatoms. The van der Waals surface area contributed by atoms with Crippen molar-refractivity contribution in [3.8, 4) is 21.9 Å². The van der Waals surface area contributed by atoms with Gasteiger partial charge in [-0.05, 0) is 66.8 Å². The summed E-state index contributed by atoms with van der Waals surface area (Å²) in [4.78, 5) is 9.02. The molecule has 0 saturated heterocycles. The van der Waals surface area contributed by atoms with Crippen LogP contribution >= 0.6 is 35.1 Å². The monoisotopic (exact) mass is 401 g/mol. The van der Waals surface area contributed by atoms with Crippen molar-refractivity contribution in [1.29, 1.82) is 0 Å². The zero-order chi connectivity index (χ0) is 17.0. The molecule has 4 aromatic rings. The molecule has 0 radical (unpaired) electrons. The Kier molecular flexibility index (Phi) is 4.68. The van der Waals surface area contributed by atoms with Crippen LogP contribution in [0.5, 0.6) is 0 Å². The topological polar surface area (TPSA) is 26.0 Å². The second-order valence-corrected chi connectivity index (χ2v) is 8.98. The minimum absolute atomic E-state index is 0. The van der Waals surface area contributed by atoms with Gasteiger partial charge in [0.1, 0.15) is 10.6 Å². The van der Waals surface area contributed by atoms with Gasteiger partial charge in [0.05, 0.1) is 16.8 Å². The van der Waals surface area contributed by atoms with Crippen LogP contribution in [0.3, 0.4) is 0 Å². The van der Waals surface area contributed by atoms with Crippen LogP contribution in [-0.4, -0.2) is 4.98 Å². The van der Waals surface area contributed by atoms with E-state index in [1.165, 1.54) is 49.5 Å². The van der Waals surface area contributed by atoms with Crippen molar-refractivity contribution in [2.24, 2.45) is 5.92 Å². The Labute approximate surface area is 167 Å². The summed E-state index contributed by atoms with van der Waals surface area (Å²) in [6.07, 6.45) is 5.37. The summed E-state index contributed by atoms with van der Waals surface area (Å²) in [7, 11) is 0. The maximum atomic E-state index is 5.84. The van der Waals surface area contributed by atoms with E-state index in [-0.39, 0.29) is 12.4 Å². The van der Waals surface area contributed by atoms with Gasteiger partial charge in [-0.2, -0.15) is 0 Å². The number of thiophene rings is 2. The van der Waals surface area contributed by atoms with E-state index in [1.54, 1.807) is 17.6 Å². The van der Waals surface area contributed by atoms with Crippen molar-refractivity contribution in [1.82, 2.24) is 4.98 Å². The Bertz CT molecular complexity index is 1050. The molecule has 0 aromatic carbocycles. The third-order valence-corrected chi connectivity index (χ3v) is 7.23. The summed E-state index contributed by atoms with van der Waals surface area (Å²) in [6, 6.07) is 8.31. The molecule has 0 fully saturated rings. The van der Waals surface area contributed by atoms with Gasteiger partial charge in [-0.25, -0.2) is 4.98 Å². The van der Waals surface area contributed by atoms with Crippen molar-refractivity contribution in [3.05, 3.63) is 51.9 Å². The molecule has 0 bridgehead atoms. The molecule has 0 spiro atoms. The predicted octanol–water partition coefficient (Wildman–Crippen LogP) is 7.14. The first-order valence-electron chi connectivity index (χ1n) is 8.75. The number of rotatable bonds is 2. The average molecular weight is 402 g/mol. The van der Waals surface area contributed by atoms with E-state index in [9.17, 15) is 0 Å². The van der Waals surface area contributed by atoms with Gasteiger partial charge in [0.25, 0.3) is 0 Å². The number of aromatic nitrogens is 1. The summed E-state index contributed by atoms with van der Waals surface area (Å²) in [5, 5.41) is 3.45. The van der Waals surface area contributed by atoms with Crippen molar-refractivity contribution in [3.63, 3.8) is 0 Å². The zero-order valence-electron chi connectivity index (χ0n) is 14.7. The second kappa shape index (κ2) is 6.84. The Hall–Kier alpha value is -1.62. The molecule has 0 amide bonds. The van der Waals surface area contributed by atoms with E-state index in [2.05, 4.69) is 37.4 Å². The molecule has 1 aliphatic rings. The SMILES string of the molecule is Cc1c(-c2cccs2)nc2sc3c(c2c1-c1ccco1)CCC(C)C3.Cl. The molecular formula is C21H20ClNOS2. The van der Waals surface area contributed by atoms with Crippen LogP contribution in [0.25, 0.3) is 32.1 Å². The fourth-order valence-corrected chi connectivity index (χ4v) is 6.11. The number of furan rings is 1. The Morgan fingerprint density at radius 2 is 2.12 bits per heavy atom. The summed E-state index contributed by atoms with van der Waals surface area (Å²) in [6.45, 7) is 4.55. The number of aryl methyl sites for hydroxylation is 1. The van der Waals surface area contributed by atoms with Crippen LogP contribution in [0.4, 0.5) is 0 Å². The molecule has 2 nitrogen and oxygen atoms in total. The van der Waals surface area contributed by atoms with E-state index in [0.717, 1.165) is 23.8 Å². The zero-order valence-corrected chi connectivity index (χ0v) is 17.2. The number of halogens is 1. The first kappa shape index (κ1) is 17.8. The highest BCUT2D eigenvalue weighted by Gasteiger charge is 2.26. The smallest absolute Gasteiger partial charge is 0.134 e. The summed E-state index contributed by atoms with van der Waals surface area (Å²) < 4.78 is 5.84. The van der Waals surface area contributed by atoms with E-state index in [0.29, 0.717) is 0 Å². The highest BCUT2D eigenvalue weighted by atomic mass is 35.5. The van der Waals surface area contributed by atoms with Gasteiger partial charge in [-0.1, -0.05) is 13.0 Å². The normalized spacial score (nSPS) is 16.5. The fraction of sp³-hybridized carbons (Fsp3) is 0.286. The van der Waals surface area contributed by atoms with Gasteiger partial charge >= 0.3 is 0 Å². The molecule has 4 aromatic heterocycles. The summed E-state index contributed by atoms with van der Waals surface area (Å²) in [5.41, 5.74) is 5.08. The fourth-order valence-electron chi connectivity index (χ4n) is 3.95. The second-order valence-electron chi connectivity index (χ2n) is 6.95. The van der Waals surface area contributed by atoms with E-state index in [4.69, 9.17) is 9.40 Å². The van der Waals surface area contributed by atoms with Crippen LogP contribution in [0, 0.1) is 12.8 Å². The lowest BCUT2D eigenvalue weighted by Gasteiger charge is -2.18. The molecule has 1 atom stereocenters. The van der Waals surface area contributed by atoms with E-state index >= 15 is 0 Å². The lowest BCUT2D eigenvalue weighted by molar-refractivity contribution is 0.509. The van der Waals surface area contributed by atoms with Crippen LogP contribution in [0.1, 0.15) is 29.3 Å². The van der Waals surface area contributed by atoms with Crippen molar-refractivity contribution in [2.45, 2.75) is 33.1 Å². The molecule has 0 aliphatic heterocycles. The molecule has 26 heavy (non-hydrogen) atoms. The lowest BCUT2D eigenvalue weighted by Crippen LogP contribution is -2.08. The third-order valence-electron chi connectivity index (χ3n) is 5.21. The van der Waals surface area contributed by atoms with Crippen molar-refractivity contribution < 1.29 is 4.42 Å². The maximum absolute atomic E-state index is 5.84. The molecule has 1 aliphatic carbocycles. The van der Waals surface area contributed by atoms with E-state index in [1.807, 2.05) is 17.4 Å². The Morgan fingerprint density at radius 1 is 1.23 bits per heavy atom. The Morgan fingerprint density at radius 3 is 2.85 bits per heavy atom. The van der Waals surface area contributed by atoms with Gasteiger partial charge in [-0.15, -0.1) is 35.1 Å². The third kappa shape index (κ3) is 2.72. The van der Waals surface area contributed by atoms with Gasteiger partial charge in [0.2, 0.25) is 0 Å². The molecule has 4 heterocycles. The van der Waals surface area contributed by atoms with Gasteiger partial charge in [0, 0.05) is 15.8 Å². The highest BCUT2D eigenvalue weighted by molar-refractivity contribution is 7.19. The van der Waals surface area contributed by atoms with Gasteiger partial charge in [-0.3, -0.25) is 0 Å². The van der Waals surface area contributed by atoms with Gasteiger partial charge in [0.15, 0.2) is 0 Å². The molecule has 0 saturated carbocycles. The predicted molar refractivity (Wildman–Crippen MR) is 114 cm³/mol. The highest BCUT2D eigenvalue weighted by Crippen LogP contribution is 2.45. The van der Waals surface area contributed by atoms with E-state index < -0.39 is 0 Å². The largest absolute Gasteiger partial charge is 0.464 e. The van der Waals surface area contributed by atoms with Crippen molar-refractivity contribution >= 4 is 45.3 Å². The lowest BCUT2D eigenvalue weighted by atomic mass is 9.87. The molecule has 0 N–H and O–H groups in total. The maximum Gasteiger partial charge on any atom is 0.134 e. The van der Waals surface area contributed by atoms with Crippen LogP contribution in [0.15, 0.2) is 40.3 Å². The average Bonchev–Trinajstić information content (AvgIpc) is 3.34. The summed E-state index contributed by atoms with van der Waals surface area (Å²) >= 11 is 3.64. The molecule has 1 unspecified atom stereocenters.